The molecule has 0 spiro atoms. The van der Waals surface area contributed by atoms with Crippen molar-refractivity contribution in [1.29, 1.82) is 0 Å². The standard InChI is InChI=1S/C17H22N8/c1-3-17-6-4-5-8-25(17)15(21-13(2)23-9-7-19-11-23)14(10-18)24-12-20-22-16(17)24/h7,9-12H,2-6,8,18H2,1H3/b14-10+,21-15?/t17-/m0/s1. The van der Waals surface area contributed by atoms with E-state index >= 15 is 0 Å². The highest BCUT2D eigenvalue weighted by atomic mass is 15.4. The quantitative estimate of drug-likeness (QED) is 0.922. The average molecular weight is 338 g/mol. The van der Waals surface area contributed by atoms with Gasteiger partial charge in [0.05, 0.1) is 0 Å². The Bertz CT molecular complexity index is 844. The molecule has 0 bridgehead atoms. The van der Waals surface area contributed by atoms with E-state index in [2.05, 4.69) is 33.6 Å². The zero-order chi connectivity index (χ0) is 17.4. The smallest absolute Gasteiger partial charge is 0.163 e. The van der Waals surface area contributed by atoms with Gasteiger partial charge in [-0.1, -0.05) is 13.5 Å². The lowest BCUT2D eigenvalue weighted by molar-refractivity contribution is 0.0956. The van der Waals surface area contributed by atoms with E-state index in [1.165, 1.54) is 0 Å². The van der Waals surface area contributed by atoms with Crippen LogP contribution >= 0.6 is 0 Å². The van der Waals surface area contributed by atoms with E-state index in [4.69, 9.17) is 10.7 Å². The van der Waals surface area contributed by atoms with E-state index in [1.807, 2.05) is 10.8 Å². The van der Waals surface area contributed by atoms with Crippen LogP contribution in [0.5, 0.6) is 0 Å². The van der Waals surface area contributed by atoms with Crippen LogP contribution in [0.4, 0.5) is 0 Å². The van der Waals surface area contributed by atoms with Gasteiger partial charge >= 0.3 is 0 Å². The first-order valence-electron chi connectivity index (χ1n) is 8.58. The van der Waals surface area contributed by atoms with Crippen LogP contribution in [0.2, 0.25) is 0 Å². The Morgan fingerprint density at radius 3 is 3.04 bits per heavy atom. The predicted octanol–water partition coefficient (Wildman–Crippen LogP) is 1.86. The average Bonchev–Trinajstić information content (AvgIpc) is 3.33. The van der Waals surface area contributed by atoms with E-state index < -0.39 is 0 Å². The lowest BCUT2D eigenvalue weighted by atomic mass is 9.81. The molecule has 1 saturated heterocycles. The molecule has 2 aliphatic heterocycles. The number of nitrogens with two attached hydrogens (primary N) is 1. The fourth-order valence-electron chi connectivity index (χ4n) is 3.94. The Hall–Kier alpha value is -2.90. The molecule has 0 radical (unpaired) electrons. The molecule has 0 unspecified atom stereocenters. The predicted molar refractivity (Wildman–Crippen MR) is 96.0 cm³/mol. The maximum atomic E-state index is 5.97. The van der Waals surface area contributed by atoms with Gasteiger partial charge in [-0.15, -0.1) is 10.2 Å². The maximum absolute atomic E-state index is 5.97. The number of fused-ring (bicyclic) bond motifs is 3. The molecule has 1 atom stereocenters. The van der Waals surface area contributed by atoms with Gasteiger partial charge in [-0.05, 0) is 25.7 Å². The number of imidazole rings is 1. The lowest BCUT2D eigenvalue weighted by Crippen LogP contribution is -2.57. The van der Waals surface area contributed by atoms with E-state index in [0.717, 1.165) is 49.6 Å². The zero-order valence-corrected chi connectivity index (χ0v) is 14.3. The van der Waals surface area contributed by atoms with Crippen LogP contribution in [-0.2, 0) is 5.54 Å². The Labute approximate surface area is 146 Å². The second-order valence-corrected chi connectivity index (χ2v) is 6.39. The van der Waals surface area contributed by atoms with Crippen molar-refractivity contribution in [1.82, 2.24) is 29.2 Å². The minimum Gasteiger partial charge on any atom is -0.403 e. The summed E-state index contributed by atoms with van der Waals surface area (Å²) in [6.07, 6.45) is 12.7. The molecule has 0 aliphatic carbocycles. The summed E-state index contributed by atoms with van der Waals surface area (Å²) >= 11 is 0. The first-order valence-corrected chi connectivity index (χ1v) is 8.58. The van der Waals surface area contributed by atoms with Gasteiger partial charge in [0.15, 0.2) is 11.7 Å². The van der Waals surface area contributed by atoms with Gasteiger partial charge in [-0.3, -0.25) is 9.13 Å². The Morgan fingerprint density at radius 2 is 2.32 bits per heavy atom. The molecule has 4 rings (SSSR count). The molecule has 8 nitrogen and oxygen atoms in total. The SMILES string of the molecule is C=C(N=C1/C(=C\N)n2cnnc2[C@]2(CC)CCCCN12)n1ccnc1. The summed E-state index contributed by atoms with van der Waals surface area (Å²) in [5.41, 5.74) is 6.56. The van der Waals surface area contributed by atoms with Crippen molar-refractivity contribution in [2.75, 3.05) is 6.54 Å². The molecule has 2 aromatic rings. The van der Waals surface area contributed by atoms with Gasteiger partial charge in [0, 0.05) is 25.1 Å². The van der Waals surface area contributed by atoms with Crippen molar-refractivity contribution in [2.45, 2.75) is 38.1 Å². The lowest BCUT2D eigenvalue weighted by Gasteiger charge is -2.51. The molecule has 2 aliphatic rings. The molecule has 25 heavy (non-hydrogen) atoms. The molecule has 4 heterocycles. The molecule has 0 saturated carbocycles. The molecule has 130 valence electrons. The van der Waals surface area contributed by atoms with Crippen molar-refractivity contribution in [3.05, 3.63) is 43.7 Å². The third-order valence-corrected chi connectivity index (χ3v) is 5.23. The minimum absolute atomic E-state index is 0.199. The zero-order valence-electron chi connectivity index (χ0n) is 14.3. The van der Waals surface area contributed by atoms with Crippen LogP contribution in [0.25, 0.3) is 11.5 Å². The molecule has 2 aromatic heterocycles. The number of hydrogen-bond acceptors (Lipinski definition) is 5. The van der Waals surface area contributed by atoms with Gasteiger partial charge in [0.25, 0.3) is 0 Å². The number of aromatic nitrogens is 5. The summed E-state index contributed by atoms with van der Waals surface area (Å²) in [6, 6.07) is 0. The van der Waals surface area contributed by atoms with E-state index in [0.29, 0.717) is 5.82 Å². The number of aliphatic imine (C=N–C) groups is 1. The summed E-state index contributed by atoms with van der Waals surface area (Å²) in [6.45, 7) is 7.19. The van der Waals surface area contributed by atoms with Crippen LogP contribution in [0, 0.1) is 0 Å². The second-order valence-electron chi connectivity index (χ2n) is 6.39. The highest BCUT2D eigenvalue weighted by Gasteiger charge is 2.49. The van der Waals surface area contributed by atoms with Gasteiger partial charge in [-0.2, -0.15) is 0 Å². The molecule has 0 amide bonds. The highest BCUT2D eigenvalue weighted by Crippen LogP contribution is 2.44. The van der Waals surface area contributed by atoms with Crippen LogP contribution in [0.1, 0.15) is 38.4 Å². The number of amidine groups is 1. The van der Waals surface area contributed by atoms with Gasteiger partial charge < -0.3 is 10.6 Å². The molecule has 8 heteroatoms. The van der Waals surface area contributed by atoms with E-state index in [1.54, 1.807) is 29.6 Å². The van der Waals surface area contributed by atoms with Crippen LogP contribution in [0.3, 0.4) is 0 Å². The third kappa shape index (κ3) is 2.20. The monoisotopic (exact) mass is 338 g/mol. The largest absolute Gasteiger partial charge is 0.403 e. The van der Waals surface area contributed by atoms with Crippen LogP contribution in [0.15, 0.2) is 42.8 Å². The van der Waals surface area contributed by atoms with Gasteiger partial charge in [0.1, 0.15) is 29.7 Å². The topological polar surface area (TPSA) is 90.1 Å². The summed E-state index contributed by atoms with van der Waals surface area (Å²) in [7, 11) is 0. The highest BCUT2D eigenvalue weighted by molar-refractivity contribution is 6.19. The number of rotatable bonds is 3. The molecular weight excluding hydrogens is 316 g/mol. The normalized spacial score (nSPS) is 25.9. The molecule has 2 N–H and O–H groups in total. The minimum atomic E-state index is -0.199. The maximum Gasteiger partial charge on any atom is 0.163 e. The Morgan fingerprint density at radius 1 is 1.44 bits per heavy atom. The van der Waals surface area contributed by atoms with E-state index in [-0.39, 0.29) is 5.54 Å². The number of hydrogen-bond donors (Lipinski definition) is 1. The summed E-state index contributed by atoms with van der Waals surface area (Å²) in [5.74, 6) is 2.35. The van der Waals surface area contributed by atoms with Crippen molar-refractivity contribution in [3.8, 4) is 0 Å². The third-order valence-electron chi connectivity index (χ3n) is 5.23. The van der Waals surface area contributed by atoms with Crippen molar-refractivity contribution in [3.63, 3.8) is 0 Å². The van der Waals surface area contributed by atoms with Crippen LogP contribution < -0.4 is 5.73 Å². The molecule has 0 aromatic carbocycles. The second kappa shape index (κ2) is 5.87. The van der Waals surface area contributed by atoms with Crippen molar-refractivity contribution >= 4 is 17.4 Å². The Kier molecular flexibility index (Phi) is 3.67. The summed E-state index contributed by atoms with van der Waals surface area (Å²) < 4.78 is 3.76. The van der Waals surface area contributed by atoms with Crippen LogP contribution in [-0.4, -0.2) is 41.6 Å². The summed E-state index contributed by atoms with van der Waals surface area (Å²) in [4.78, 5) is 11.2. The summed E-state index contributed by atoms with van der Waals surface area (Å²) in [5, 5.41) is 8.57. The van der Waals surface area contributed by atoms with Crippen molar-refractivity contribution < 1.29 is 0 Å². The number of piperidine rings is 1. The van der Waals surface area contributed by atoms with E-state index in [9.17, 15) is 0 Å². The van der Waals surface area contributed by atoms with Gasteiger partial charge in [0.2, 0.25) is 0 Å². The van der Waals surface area contributed by atoms with Crippen molar-refractivity contribution in [2.24, 2.45) is 10.7 Å². The first-order chi connectivity index (χ1) is 12.2. The first kappa shape index (κ1) is 15.6. The molecule has 1 fully saturated rings. The number of nitrogens with zero attached hydrogens (tertiary/aromatic N) is 7. The molecular formula is C17H22N8. The fourth-order valence-corrected chi connectivity index (χ4v) is 3.94. The van der Waals surface area contributed by atoms with Gasteiger partial charge in [-0.25, -0.2) is 9.98 Å². The Balaban J connectivity index is 1.89. The fraction of sp³-hybridized carbons (Fsp3) is 0.412.